The SMILES string of the molecule is CCN1CCN(Cc2ccccc2CNCc2ccco2)CC1. The number of furan rings is 1. The van der Waals surface area contributed by atoms with E-state index in [1.54, 1.807) is 6.26 Å². The number of rotatable bonds is 7. The zero-order chi connectivity index (χ0) is 15.9. The first-order valence-corrected chi connectivity index (χ1v) is 8.59. The van der Waals surface area contributed by atoms with Gasteiger partial charge in [0.05, 0.1) is 12.8 Å². The van der Waals surface area contributed by atoms with Crippen molar-refractivity contribution in [1.29, 1.82) is 0 Å². The zero-order valence-electron chi connectivity index (χ0n) is 14.0. The Morgan fingerprint density at radius 1 is 0.913 bits per heavy atom. The largest absolute Gasteiger partial charge is 0.468 e. The highest BCUT2D eigenvalue weighted by atomic mass is 16.3. The summed E-state index contributed by atoms with van der Waals surface area (Å²) in [5, 5.41) is 3.48. The van der Waals surface area contributed by atoms with Crippen LogP contribution < -0.4 is 5.32 Å². The molecule has 2 heterocycles. The molecular formula is C19H27N3O. The maximum absolute atomic E-state index is 5.37. The summed E-state index contributed by atoms with van der Waals surface area (Å²) in [5.74, 6) is 0.984. The molecule has 0 bridgehead atoms. The molecule has 3 rings (SSSR count). The predicted molar refractivity (Wildman–Crippen MR) is 93.1 cm³/mol. The van der Waals surface area contributed by atoms with Crippen molar-refractivity contribution in [2.45, 2.75) is 26.6 Å². The minimum absolute atomic E-state index is 0.774. The number of hydrogen-bond donors (Lipinski definition) is 1. The molecule has 124 valence electrons. The summed E-state index contributed by atoms with van der Waals surface area (Å²) in [7, 11) is 0. The molecular weight excluding hydrogens is 286 g/mol. The van der Waals surface area contributed by atoms with E-state index in [4.69, 9.17) is 4.42 Å². The standard InChI is InChI=1S/C19H27N3O/c1-2-21-9-11-22(12-10-21)16-18-7-4-3-6-17(18)14-20-15-19-8-5-13-23-19/h3-8,13,20H,2,9-12,14-16H2,1H3. The lowest BCUT2D eigenvalue weighted by Crippen LogP contribution is -2.45. The molecule has 1 aromatic carbocycles. The van der Waals surface area contributed by atoms with Crippen LogP contribution in [0.25, 0.3) is 0 Å². The molecule has 2 aromatic rings. The molecule has 0 amide bonds. The van der Waals surface area contributed by atoms with E-state index < -0.39 is 0 Å². The van der Waals surface area contributed by atoms with E-state index in [0.717, 1.165) is 25.4 Å². The van der Waals surface area contributed by atoms with Crippen molar-refractivity contribution in [3.63, 3.8) is 0 Å². The minimum Gasteiger partial charge on any atom is -0.468 e. The van der Waals surface area contributed by atoms with E-state index in [1.165, 1.54) is 43.9 Å². The first kappa shape index (κ1) is 16.2. The smallest absolute Gasteiger partial charge is 0.117 e. The number of likely N-dealkylation sites (N-methyl/N-ethyl adjacent to an activating group) is 1. The Bertz CT molecular complexity index is 574. The molecule has 0 aliphatic carbocycles. The van der Waals surface area contributed by atoms with E-state index in [2.05, 4.69) is 46.3 Å². The number of nitrogens with one attached hydrogen (secondary N) is 1. The van der Waals surface area contributed by atoms with Gasteiger partial charge in [-0.15, -0.1) is 0 Å². The molecule has 1 aromatic heterocycles. The van der Waals surface area contributed by atoms with Crippen LogP contribution in [0.5, 0.6) is 0 Å². The lowest BCUT2D eigenvalue weighted by molar-refractivity contribution is 0.131. The van der Waals surface area contributed by atoms with Crippen LogP contribution in [0.15, 0.2) is 47.1 Å². The molecule has 0 saturated carbocycles. The van der Waals surface area contributed by atoms with Crippen LogP contribution in [0, 0.1) is 0 Å². The van der Waals surface area contributed by atoms with Gasteiger partial charge in [0, 0.05) is 39.3 Å². The predicted octanol–water partition coefficient (Wildman–Crippen LogP) is 2.71. The van der Waals surface area contributed by atoms with Crippen LogP contribution in [0.2, 0.25) is 0 Å². The lowest BCUT2D eigenvalue weighted by atomic mass is 10.1. The summed E-state index contributed by atoms with van der Waals surface area (Å²) in [6, 6.07) is 12.7. The van der Waals surface area contributed by atoms with Gasteiger partial charge in [-0.3, -0.25) is 4.90 Å². The summed E-state index contributed by atoms with van der Waals surface area (Å²) < 4.78 is 5.37. The summed E-state index contributed by atoms with van der Waals surface area (Å²) in [4.78, 5) is 5.09. The van der Waals surface area contributed by atoms with Crippen molar-refractivity contribution in [3.05, 3.63) is 59.5 Å². The zero-order valence-corrected chi connectivity index (χ0v) is 14.0. The van der Waals surface area contributed by atoms with Gasteiger partial charge in [0.2, 0.25) is 0 Å². The van der Waals surface area contributed by atoms with Crippen LogP contribution in [0.3, 0.4) is 0 Å². The lowest BCUT2D eigenvalue weighted by Gasteiger charge is -2.34. The van der Waals surface area contributed by atoms with Crippen molar-refractivity contribution in [3.8, 4) is 0 Å². The molecule has 1 saturated heterocycles. The molecule has 1 aliphatic heterocycles. The summed E-state index contributed by atoms with van der Waals surface area (Å²) >= 11 is 0. The Kier molecular flexibility index (Phi) is 5.86. The van der Waals surface area contributed by atoms with E-state index in [1.807, 2.05) is 12.1 Å². The maximum Gasteiger partial charge on any atom is 0.117 e. The topological polar surface area (TPSA) is 31.6 Å². The Morgan fingerprint density at radius 3 is 2.35 bits per heavy atom. The van der Waals surface area contributed by atoms with Gasteiger partial charge in [-0.25, -0.2) is 0 Å². The van der Waals surface area contributed by atoms with Crippen LogP contribution in [0.1, 0.15) is 23.8 Å². The summed E-state index contributed by atoms with van der Waals surface area (Å²) in [6.45, 7) is 10.8. The molecule has 0 atom stereocenters. The Hall–Kier alpha value is -1.62. The van der Waals surface area contributed by atoms with Crippen LogP contribution in [-0.2, 0) is 19.6 Å². The van der Waals surface area contributed by atoms with Crippen LogP contribution in [-0.4, -0.2) is 42.5 Å². The molecule has 1 fully saturated rings. The first-order valence-electron chi connectivity index (χ1n) is 8.59. The third-order valence-corrected chi connectivity index (χ3v) is 4.62. The Labute approximate surface area is 139 Å². The minimum atomic E-state index is 0.774. The van der Waals surface area contributed by atoms with Gasteiger partial charge >= 0.3 is 0 Å². The molecule has 0 radical (unpaired) electrons. The molecule has 23 heavy (non-hydrogen) atoms. The summed E-state index contributed by atoms with van der Waals surface area (Å²) in [5.41, 5.74) is 2.82. The highest BCUT2D eigenvalue weighted by Gasteiger charge is 2.16. The van der Waals surface area contributed by atoms with Gasteiger partial charge in [-0.1, -0.05) is 31.2 Å². The van der Waals surface area contributed by atoms with E-state index in [-0.39, 0.29) is 0 Å². The average Bonchev–Trinajstić information content (AvgIpc) is 3.10. The van der Waals surface area contributed by atoms with Gasteiger partial charge in [-0.05, 0) is 29.8 Å². The van der Waals surface area contributed by atoms with E-state index in [9.17, 15) is 0 Å². The van der Waals surface area contributed by atoms with Crippen molar-refractivity contribution in [2.24, 2.45) is 0 Å². The fourth-order valence-electron chi connectivity index (χ4n) is 3.12. The molecule has 1 N–H and O–H groups in total. The van der Waals surface area contributed by atoms with Gasteiger partial charge in [-0.2, -0.15) is 0 Å². The number of nitrogens with zero attached hydrogens (tertiary/aromatic N) is 2. The average molecular weight is 313 g/mol. The van der Waals surface area contributed by atoms with E-state index >= 15 is 0 Å². The fourth-order valence-corrected chi connectivity index (χ4v) is 3.12. The van der Waals surface area contributed by atoms with Crippen molar-refractivity contribution in [1.82, 2.24) is 15.1 Å². The molecule has 1 aliphatic rings. The fraction of sp³-hybridized carbons (Fsp3) is 0.474. The van der Waals surface area contributed by atoms with Gasteiger partial charge in [0.15, 0.2) is 0 Å². The third kappa shape index (κ3) is 4.67. The van der Waals surface area contributed by atoms with Crippen molar-refractivity contribution < 1.29 is 4.42 Å². The second kappa shape index (κ2) is 8.29. The molecule has 4 nitrogen and oxygen atoms in total. The third-order valence-electron chi connectivity index (χ3n) is 4.62. The van der Waals surface area contributed by atoms with E-state index in [0.29, 0.717) is 0 Å². The highest BCUT2D eigenvalue weighted by Crippen LogP contribution is 2.14. The van der Waals surface area contributed by atoms with Crippen molar-refractivity contribution in [2.75, 3.05) is 32.7 Å². The van der Waals surface area contributed by atoms with Crippen molar-refractivity contribution >= 4 is 0 Å². The second-order valence-electron chi connectivity index (χ2n) is 6.16. The molecule has 0 unspecified atom stereocenters. The number of piperazine rings is 1. The van der Waals surface area contributed by atoms with Gasteiger partial charge in [0.25, 0.3) is 0 Å². The van der Waals surface area contributed by atoms with Gasteiger partial charge < -0.3 is 14.6 Å². The summed E-state index contributed by atoms with van der Waals surface area (Å²) in [6.07, 6.45) is 1.72. The molecule has 4 heteroatoms. The second-order valence-corrected chi connectivity index (χ2v) is 6.16. The quantitative estimate of drug-likeness (QED) is 0.852. The number of hydrogen-bond acceptors (Lipinski definition) is 4. The maximum atomic E-state index is 5.37. The Balaban J connectivity index is 1.53. The van der Waals surface area contributed by atoms with Gasteiger partial charge in [0.1, 0.15) is 5.76 Å². The number of benzene rings is 1. The highest BCUT2D eigenvalue weighted by molar-refractivity contribution is 5.27. The molecule has 0 spiro atoms. The monoisotopic (exact) mass is 313 g/mol. The normalized spacial score (nSPS) is 16.7. The first-order chi connectivity index (χ1) is 11.3. The van der Waals surface area contributed by atoms with Crippen LogP contribution in [0.4, 0.5) is 0 Å². The van der Waals surface area contributed by atoms with Crippen LogP contribution >= 0.6 is 0 Å². The Morgan fingerprint density at radius 2 is 1.65 bits per heavy atom.